The molecule has 4 aromatic rings. The van der Waals surface area contributed by atoms with Crippen LogP contribution in [-0.4, -0.2) is 42.9 Å². The molecule has 0 radical (unpaired) electrons. The largest absolute Gasteiger partial charge is 0.492 e. The molecule has 202 valence electrons. The van der Waals surface area contributed by atoms with Crippen LogP contribution in [-0.2, 0) is 6.42 Å². The molecule has 0 spiro atoms. The Hall–Kier alpha value is -3.87. The molecule has 1 unspecified atom stereocenters. The van der Waals surface area contributed by atoms with E-state index in [1.165, 1.54) is 37.6 Å². The summed E-state index contributed by atoms with van der Waals surface area (Å²) in [7, 11) is 0. The van der Waals surface area contributed by atoms with Crippen LogP contribution in [0.25, 0.3) is 11.0 Å². The lowest BCUT2D eigenvalue weighted by atomic mass is 9.97. The number of fused-ring (bicyclic) bond motifs is 1. The van der Waals surface area contributed by atoms with Crippen molar-refractivity contribution in [3.63, 3.8) is 0 Å². The highest BCUT2D eigenvalue weighted by Crippen LogP contribution is 2.24. The summed E-state index contributed by atoms with van der Waals surface area (Å²) in [6.45, 7) is 6.26. The van der Waals surface area contributed by atoms with Gasteiger partial charge in [0.05, 0.1) is 6.10 Å². The second-order valence-electron chi connectivity index (χ2n) is 10.1. The van der Waals surface area contributed by atoms with Crippen LogP contribution in [0.5, 0.6) is 11.5 Å². The van der Waals surface area contributed by atoms with Crippen molar-refractivity contribution in [3.8, 4) is 11.5 Å². The van der Waals surface area contributed by atoms with Crippen LogP contribution >= 0.6 is 0 Å². The first-order chi connectivity index (χ1) is 19.0. The number of hydrogen-bond acceptors (Lipinski definition) is 6. The Balaban J connectivity index is 1.14. The van der Waals surface area contributed by atoms with Gasteiger partial charge < -0.3 is 19.0 Å². The van der Waals surface area contributed by atoms with E-state index >= 15 is 0 Å². The summed E-state index contributed by atoms with van der Waals surface area (Å²) in [5, 5.41) is 11.8. The molecule has 1 fully saturated rings. The van der Waals surface area contributed by atoms with Crippen molar-refractivity contribution >= 4 is 11.0 Å². The average molecular weight is 526 g/mol. The summed E-state index contributed by atoms with van der Waals surface area (Å²) < 4.78 is 17.0. The molecule has 0 aliphatic carbocycles. The van der Waals surface area contributed by atoms with Crippen molar-refractivity contribution in [2.24, 2.45) is 0 Å². The van der Waals surface area contributed by atoms with Gasteiger partial charge in [-0.2, -0.15) is 0 Å². The molecule has 1 N–H and O–H groups in total. The van der Waals surface area contributed by atoms with Crippen LogP contribution in [0.3, 0.4) is 0 Å². The fourth-order valence-electron chi connectivity index (χ4n) is 4.89. The molecule has 1 saturated heterocycles. The summed E-state index contributed by atoms with van der Waals surface area (Å²) in [5.74, 6) is 1.50. The SMILES string of the molecule is C/C(=C\COc1ccc2ccc(=O)oc2c1)C(O)c1cccc(Cc2ccc(OCCN3CCCC3)cc2)c1. The van der Waals surface area contributed by atoms with E-state index in [1.807, 2.05) is 49.4 Å². The minimum Gasteiger partial charge on any atom is -0.492 e. The Bertz CT molecular complexity index is 1470. The van der Waals surface area contributed by atoms with Gasteiger partial charge in [0.15, 0.2) is 0 Å². The molecule has 1 atom stereocenters. The maximum absolute atomic E-state index is 11.5. The van der Waals surface area contributed by atoms with Gasteiger partial charge in [-0.05, 0) is 97.9 Å². The topological polar surface area (TPSA) is 72.1 Å². The normalized spacial score (nSPS) is 15.0. The predicted molar refractivity (Wildman–Crippen MR) is 154 cm³/mol. The van der Waals surface area contributed by atoms with E-state index < -0.39 is 11.7 Å². The number of ether oxygens (including phenoxy) is 2. The number of aliphatic hydroxyl groups excluding tert-OH is 1. The monoisotopic (exact) mass is 525 g/mol. The summed E-state index contributed by atoms with van der Waals surface area (Å²) >= 11 is 0. The fourth-order valence-corrected chi connectivity index (χ4v) is 4.89. The second kappa shape index (κ2) is 12.8. The van der Waals surface area contributed by atoms with Crippen molar-refractivity contribution in [2.45, 2.75) is 32.3 Å². The van der Waals surface area contributed by atoms with Gasteiger partial charge in [-0.15, -0.1) is 0 Å². The van der Waals surface area contributed by atoms with Gasteiger partial charge in [0.2, 0.25) is 0 Å². The van der Waals surface area contributed by atoms with E-state index in [9.17, 15) is 9.90 Å². The number of nitrogens with zero attached hydrogens (tertiary/aromatic N) is 1. The third-order valence-corrected chi connectivity index (χ3v) is 7.15. The zero-order valence-corrected chi connectivity index (χ0v) is 22.3. The van der Waals surface area contributed by atoms with Gasteiger partial charge in [-0.25, -0.2) is 4.79 Å². The van der Waals surface area contributed by atoms with Crippen molar-refractivity contribution in [2.75, 3.05) is 32.8 Å². The fraction of sp³-hybridized carbons (Fsp3) is 0.303. The Morgan fingerprint density at radius 2 is 1.72 bits per heavy atom. The second-order valence-corrected chi connectivity index (χ2v) is 10.1. The minimum atomic E-state index is -0.727. The smallest absolute Gasteiger partial charge is 0.336 e. The zero-order valence-electron chi connectivity index (χ0n) is 22.3. The molecule has 1 aliphatic rings. The summed E-state index contributed by atoms with van der Waals surface area (Å²) in [5.41, 5.74) is 4.06. The molecule has 3 aromatic carbocycles. The van der Waals surface area contributed by atoms with Crippen LogP contribution < -0.4 is 15.1 Å². The van der Waals surface area contributed by atoms with Gasteiger partial charge in [0, 0.05) is 24.1 Å². The van der Waals surface area contributed by atoms with Gasteiger partial charge in [0.25, 0.3) is 0 Å². The molecule has 1 aliphatic heterocycles. The van der Waals surface area contributed by atoms with E-state index in [1.54, 1.807) is 12.1 Å². The quantitative estimate of drug-likeness (QED) is 0.194. The first kappa shape index (κ1) is 26.7. The van der Waals surface area contributed by atoms with Crippen LogP contribution in [0.1, 0.15) is 42.6 Å². The number of hydrogen-bond donors (Lipinski definition) is 1. The van der Waals surface area contributed by atoms with Crippen molar-refractivity contribution in [1.29, 1.82) is 0 Å². The Morgan fingerprint density at radius 3 is 2.54 bits per heavy atom. The summed E-state index contributed by atoms with van der Waals surface area (Å²) in [4.78, 5) is 13.9. The number of aliphatic hydroxyl groups is 1. The number of rotatable bonds is 11. The lowest BCUT2D eigenvalue weighted by Gasteiger charge is -2.15. The average Bonchev–Trinajstić information content (AvgIpc) is 3.47. The van der Waals surface area contributed by atoms with Crippen LogP contribution in [0.15, 0.2) is 99.7 Å². The molecule has 1 aromatic heterocycles. The third kappa shape index (κ3) is 7.37. The molecule has 0 bridgehead atoms. The molecule has 6 heteroatoms. The van der Waals surface area contributed by atoms with Crippen molar-refractivity contribution in [3.05, 3.63) is 118 Å². The number of likely N-dealkylation sites (tertiary alicyclic amines) is 1. The summed E-state index contributed by atoms with van der Waals surface area (Å²) in [6.07, 6.45) is 4.51. The maximum Gasteiger partial charge on any atom is 0.336 e. The third-order valence-electron chi connectivity index (χ3n) is 7.15. The van der Waals surface area contributed by atoms with Gasteiger partial charge in [-0.3, -0.25) is 4.90 Å². The Kier molecular flexibility index (Phi) is 8.76. The van der Waals surface area contributed by atoms with Gasteiger partial charge in [0.1, 0.15) is 30.3 Å². The van der Waals surface area contributed by atoms with Crippen LogP contribution in [0, 0.1) is 0 Å². The standard InChI is InChI=1S/C33H35NO5/c1-24(15-19-37-30-13-9-27-10-14-32(35)39-31(27)23-30)33(36)28-6-4-5-26(22-28)21-25-7-11-29(12-8-25)38-20-18-34-16-2-3-17-34/h4-15,22-23,33,36H,2-3,16-21H2,1H3/b24-15+. The minimum absolute atomic E-state index is 0.289. The predicted octanol–water partition coefficient (Wildman–Crippen LogP) is 5.92. The van der Waals surface area contributed by atoms with Gasteiger partial charge in [-0.1, -0.05) is 36.4 Å². The molecular weight excluding hydrogens is 490 g/mol. The highest BCUT2D eigenvalue weighted by atomic mass is 16.5. The highest BCUT2D eigenvalue weighted by molar-refractivity contribution is 5.77. The zero-order chi connectivity index (χ0) is 27.0. The molecule has 6 nitrogen and oxygen atoms in total. The van der Waals surface area contributed by atoms with E-state index in [0.29, 0.717) is 11.3 Å². The first-order valence-corrected chi connectivity index (χ1v) is 13.6. The molecule has 0 saturated carbocycles. The lowest BCUT2D eigenvalue weighted by molar-refractivity contribution is 0.214. The molecule has 0 amide bonds. The Labute approximate surface area is 229 Å². The lowest BCUT2D eigenvalue weighted by Crippen LogP contribution is -2.25. The van der Waals surface area contributed by atoms with E-state index in [4.69, 9.17) is 13.9 Å². The van der Waals surface area contributed by atoms with Crippen molar-refractivity contribution in [1.82, 2.24) is 4.90 Å². The number of benzene rings is 3. The first-order valence-electron chi connectivity index (χ1n) is 13.6. The maximum atomic E-state index is 11.5. The van der Waals surface area contributed by atoms with Crippen LogP contribution in [0.2, 0.25) is 0 Å². The van der Waals surface area contributed by atoms with E-state index in [-0.39, 0.29) is 6.61 Å². The van der Waals surface area contributed by atoms with Gasteiger partial charge >= 0.3 is 5.63 Å². The molecule has 39 heavy (non-hydrogen) atoms. The molecule has 2 heterocycles. The van der Waals surface area contributed by atoms with E-state index in [2.05, 4.69) is 29.2 Å². The van der Waals surface area contributed by atoms with E-state index in [0.717, 1.165) is 47.4 Å². The molecule has 5 rings (SSSR count). The summed E-state index contributed by atoms with van der Waals surface area (Å²) in [6, 6.07) is 24.8. The highest BCUT2D eigenvalue weighted by Gasteiger charge is 2.12. The van der Waals surface area contributed by atoms with Crippen molar-refractivity contribution < 1.29 is 19.0 Å². The Morgan fingerprint density at radius 1 is 0.949 bits per heavy atom. The van der Waals surface area contributed by atoms with Crippen LogP contribution in [0.4, 0.5) is 0 Å². The molecular formula is C33H35NO5.